The molecule has 0 bridgehead atoms. The van der Waals surface area contributed by atoms with E-state index < -0.39 is 0 Å². The zero-order valence-corrected chi connectivity index (χ0v) is 22.2. The zero-order chi connectivity index (χ0) is 24.1. The highest BCUT2D eigenvalue weighted by molar-refractivity contribution is 8.04. The van der Waals surface area contributed by atoms with Gasteiger partial charge < -0.3 is 9.47 Å². The Labute approximate surface area is 201 Å². The molecule has 0 spiro atoms. The molecular weight excluding hydrogens is 412 g/mol. The lowest BCUT2D eigenvalue weighted by atomic mass is 10.0. The third kappa shape index (κ3) is 8.09. The Bertz CT molecular complexity index is 867. The summed E-state index contributed by atoms with van der Waals surface area (Å²) < 4.78 is 11.0. The summed E-state index contributed by atoms with van der Waals surface area (Å²) in [6.45, 7) is 16.8. The van der Waals surface area contributed by atoms with E-state index in [-0.39, 0.29) is 4.75 Å². The van der Waals surface area contributed by atoms with Crippen LogP contribution in [-0.4, -0.2) is 19.0 Å². The van der Waals surface area contributed by atoms with Gasteiger partial charge in [0, 0.05) is 4.75 Å². The van der Waals surface area contributed by atoms with Gasteiger partial charge in [-0.2, -0.15) is 0 Å². The van der Waals surface area contributed by atoms with Crippen LogP contribution in [-0.2, 0) is 6.42 Å². The summed E-state index contributed by atoms with van der Waals surface area (Å²) in [6.07, 6.45) is 6.54. The van der Waals surface area contributed by atoms with Crippen LogP contribution in [0.1, 0.15) is 70.6 Å². The van der Waals surface area contributed by atoms with Gasteiger partial charge in [0.1, 0.15) is 0 Å². The summed E-state index contributed by atoms with van der Waals surface area (Å²) in [5, 5.41) is 0. The molecule has 0 heterocycles. The van der Waals surface area contributed by atoms with E-state index in [1.165, 1.54) is 27.2 Å². The van der Waals surface area contributed by atoms with Crippen LogP contribution >= 0.6 is 11.8 Å². The van der Waals surface area contributed by atoms with E-state index in [4.69, 9.17) is 9.47 Å². The quantitative estimate of drug-likeness (QED) is 0.397. The summed E-state index contributed by atoms with van der Waals surface area (Å²) in [7, 11) is 3.35. The van der Waals surface area contributed by atoms with Gasteiger partial charge in [-0.15, -0.1) is 11.8 Å². The third-order valence-corrected chi connectivity index (χ3v) is 6.60. The second-order valence-corrected chi connectivity index (χ2v) is 9.52. The SMILES string of the molecule is C=C(CCc1ccc(C)cc1)SC1(C)CC=C(c2ccc(OC)c(OC)c2)C1.CC.CC. The van der Waals surface area contributed by atoms with E-state index in [0.29, 0.717) is 0 Å². The van der Waals surface area contributed by atoms with Crippen molar-refractivity contribution >= 4 is 17.3 Å². The van der Waals surface area contributed by atoms with Gasteiger partial charge in [-0.1, -0.05) is 76.2 Å². The first-order valence-corrected chi connectivity index (χ1v) is 12.6. The molecule has 0 aliphatic heterocycles. The van der Waals surface area contributed by atoms with Gasteiger partial charge in [-0.3, -0.25) is 0 Å². The van der Waals surface area contributed by atoms with Gasteiger partial charge in [0.2, 0.25) is 0 Å². The highest BCUT2D eigenvalue weighted by Crippen LogP contribution is 2.48. The van der Waals surface area contributed by atoms with Gasteiger partial charge in [0.15, 0.2) is 11.5 Å². The van der Waals surface area contributed by atoms with E-state index in [1.807, 2.05) is 45.5 Å². The first-order valence-electron chi connectivity index (χ1n) is 11.8. The molecule has 2 aromatic carbocycles. The maximum atomic E-state index is 5.46. The highest BCUT2D eigenvalue weighted by atomic mass is 32.2. The number of hydrogen-bond donors (Lipinski definition) is 0. The molecule has 0 saturated carbocycles. The van der Waals surface area contributed by atoms with Crippen molar-refractivity contribution in [1.29, 1.82) is 0 Å². The van der Waals surface area contributed by atoms with E-state index in [1.54, 1.807) is 14.2 Å². The standard InChI is InChI=1S/C25H30O2S.2C2H6/c1-18-6-9-20(10-7-18)11-8-19(2)28-25(3)15-14-22(17-25)21-12-13-23(26-4)24(16-21)27-5;2*1-2/h6-7,9-10,12-14,16H,2,8,11,15,17H2,1,3-5H3;2*1-2H3. The Morgan fingerprint density at radius 3 is 2.19 bits per heavy atom. The topological polar surface area (TPSA) is 18.5 Å². The summed E-state index contributed by atoms with van der Waals surface area (Å²) in [6, 6.07) is 15.0. The summed E-state index contributed by atoms with van der Waals surface area (Å²) in [5.41, 5.74) is 5.28. The van der Waals surface area contributed by atoms with Crippen LogP contribution in [0.2, 0.25) is 0 Å². The summed E-state index contributed by atoms with van der Waals surface area (Å²) in [5.74, 6) is 1.55. The van der Waals surface area contributed by atoms with E-state index in [0.717, 1.165) is 37.2 Å². The number of allylic oxidation sites excluding steroid dienone is 3. The van der Waals surface area contributed by atoms with Crippen molar-refractivity contribution in [2.75, 3.05) is 14.2 Å². The number of rotatable bonds is 8. The number of hydrogen-bond acceptors (Lipinski definition) is 3. The van der Waals surface area contributed by atoms with Crippen molar-refractivity contribution in [3.05, 3.63) is 76.7 Å². The molecule has 2 nitrogen and oxygen atoms in total. The average Bonchev–Trinajstić information content (AvgIpc) is 3.22. The molecule has 0 saturated heterocycles. The lowest BCUT2D eigenvalue weighted by Crippen LogP contribution is -2.15. The number of ether oxygens (including phenoxy) is 2. The lowest BCUT2D eigenvalue weighted by Gasteiger charge is -2.25. The molecule has 3 rings (SSSR count). The molecule has 2 aromatic rings. The average molecular weight is 455 g/mol. The molecule has 1 atom stereocenters. The molecule has 0 fully saturated rings. The van der Waals surface area contributed by atoms with E-state index >= 15 is 0 Å². The monoisotopic (exact) mass is 454 g/mol. The van der Waals surface area contributed by atoms with Crippen LogP contribution in [0, 0.1) is 6.92 Å². The minimum atomic E-state index is 0.173. The Morgan fingerprint density at radius 2 is 1.59 bits per heavy atom. The van der Waals surface area contributed by atoms with E-state index in [9.17, 15) is 0 Å². The number of thioether (sulfide) groups is 1. The predicted octanol–water partition coefficient (Wildman–Crippen LogP) is 8.88. The zero-order valence-electron chi connectivity index (χ0n) is 21.4. The minimum absolute atomic E-state index is 0.173. The second kappa shape index (κ2) is 14.1. The molecule has 0 aromatic heterocycles. The Morgan fingerprint density at radius 1 is 0.969 bits per heavy atom. The maximum Gasteiger partial charge on any atom is 0.161 e. The Kier molecular flexibility index (Phi) is 12.3. The van der Waals surface area contributed by atoms with Crippen LogP contribution in [0.4, 0.5) is 0 Å². The third-order valence-electron chi connectivity index (χ3n) is 5.30. The first kappa shape index (κ1) is 27.9. The van der Waals surface area contributed by atoms with Crippen molar-refractivity contribution < 1.29 is 9.47 Å². The molecule has 0 amide bonds. The number of benzene rings is 2. The van der Waals surface area contributed by atoms with E-state index in [2.05, 4.69) is 62.9 Å². The molecule has 32 heavy (non-hydrogen) atoms. The maximum absolute atomic E-state index is 5.46. The van der Waals surface area contributed by atoms with Crippen LogP contribution in [0.5, 0.6) is 11.5 Å². The van der Waals surface area contributed by atoms with Crippen LogP contribution in [0.15, 0.2) is 60.0 Å². The molecule has 1 aliphatic carbocycles. The van der Waals surface area contributed by atoms with Gasteiger partial charge >= 0.3 is 0 Å². The van der Waals surface area contributed by atoms with Gasteiger partial charge in [0.05, 0.1) is 14.2 Å². The van der Waals surface area contributed by atoms with Crippen molar-refractivity contribution in [3.8, 4) is 11.5 Å². The van der Waals surface area contributed by atoms with Crippen LogP contribution in [0.3, 0.4) is 0 Å². The van der Waals surface area contributed by atoms with Gasteiger partial charge in [0.25, 0.3) is 0 Å². The Hall–Kier alpha value is -2.13. The fourth-order valence-electron chi connectivity index (χ4n) is 3.66. The molecule has 1 unspecified atom stereocenters. The normalized spacial score (nSPS) is 16.7. The van der Waals surface area contributed by atoms with Crippen molar-refractivity contribution in [2.24, 2.45) is 0 Å². The van der Waals surface area contributed by atoms with Crippen molar-refractivity contribution in [3.63, 3.8) is 0 Å². The molecule has 0 N–H and O–H groups in total. The van der Waals surface area contributed by atoms with Gasteiger partial charge in [-0.05, 0) is 73.3 Å². The fraction of sp³-hybridized carbons (Fsp3) is 0.448. The molecular formula is C29H42O2S. The van der Waals surface area contributed by atoms with Gasteiger partial charge in [-0.25, -0.2) is 0 Å². The summed E-state index contributed by atoms with van der Waals surface area (Å²) in [4.78, 5) is 1.27. The first-order chi connectivity index (χ1) is 15.4. The largest absolute Gasteiger partial charge is 0.493 e. The number of methoxy groups -OCH3 is 2. The van der Waals surface area contributed by atoms with Crippen molar-refractivity contribution in [2.45, 2.75) is 72.0 Å². The summed E-state index contributed by atoms with van der Waals surface area (Å²) >= 11 is 1.95. The van der Waals surface area contributed by atoms with Crippen molar-refractivity contribution in [1.82, 2.24) is 0 Å². The minimum Gasteiger partial charge on any atom is -0.493 e. The number of aryl methyl sites for hydroxylation is 2. The second-order valence-electron chi connectivity index (χ2n) is 7.76. The molecule has 0 radical (unpaired) electrons. The predicted molar refractivity (Wildman–Crippen MR) is 144 cm³/mol. The fourth-order valence-corrected chi connectivity index (χ4v) is 4.95. The lowest BCUT2D eigenvalue weighted by molar-refractivity contribution is 0.355. The molecule has 1 aliphatic rings. The highest BCUT2D eigenvalue weighted by Gasteiger charge is 2.31. The van der Waals surface area contributed by atoms with Crippen LogP contribution in [0.25, 0.3) is 5.57 Å². The Balaban J connectivity index is 0.00000121. The molecule has 3 heteroatoms. The molecule has 176 valence electrons. The smallest absolute Gasteiger partial charge is 0.161 e. The van der Waals surface area contributed by atoms with Crippen LogP contribution < -0.4 is 9.47 Å².